The van der Waals surface area contributed by atoms with E-state index in [0.717, 1.165) is 25.1 Å². The van der Waals surface area contributed by atoms with Crippen LogP contribution < -0.4 is 5.32 Å². The van der Waals surface area contributed by atoms with Crippen molar-refractivity contribution in [1.29, 1.82) is 0 Å². The number of hydrogen-bond donors (Lipinski definition) is 1. The Balaban J connectivity index is 1.42. The first kappa shape index (κ1) is 16.0. The van der Waals surface area contributed by atoms with Crippen molar-refractivity contribution in [3.8, 4) is 0 Å². The number of fused-ring (bicyclic) bond motifs is 1. The molecule has 1 saturated carbocycles. The molecule has 3 heterocycles. The predicted octanol–water partition coefficient (Wildman–Crippen LogP) is 2.21. The lowest BCUT2D eigenvalue weighted by Gasteiger charge is -2.39. The number of morpholine rings is 1. The molecule has 2 aromatic rings. The zero-order chi connectivity index (χ0) is 17.1. The van der Waals surface area contributed by atoms with Gasteiger partial charge in [0, 0.05) is 43.8 Å². The average Bonchev–Trinajstić information content (AvgIpc) is 3.10. The Hall–Kier alpha value is -2.47. The van der Waals surface area contributed by atoms with E-state index in [0.29, 0.717) is 24.6 Å². The summed E-state index contributed by atoms with van der Waals surface area (Å²) in [4.78, 5) is 23.0. The van der Waals surface area contributed by atoms with Gasteiger partial charge in [-0.1, -0.05) is 0 Å². The molecule has 2 aliphatic rings. The van der Waals surface area contributed by atoms with Crippen molar-refractivity contribution < 1.29 is 9.53 Å². The number of nitrogens with one attached hydrogen (secondary N) is 1. The van der Waals surface area contributed by atoms with Gasteiger partial charge in [-0.2, -0.15) is 0 Å². The standard InChI is InChI=1S/C19H22N4O2/c24-19(15-3-1-7-20-11-15)23-9-10-25-18-14(5-6-17(18)23)12-22-16-4-2-8-21-13-16/h1-4,7-8,11,13-14,17-18,22H,5-6,9-10,12H2. The number of anilines is 1. The summed E-state index contributed by atoms with van der Waals surface area (Å²) in [7, 11) is 0. The molecule has 130 valence electrons. The van der Waals surface area contributed by atoms with E-state index in [1.54, 1.807) is 24.7 Å². The summed E-state index contributed by atoms with van der Waals surface area (Å²) in [5.41, 5.74) is 1.67. The quantitative estimate of drug-likeness (QED) is 0.926. The molecule has 0 spiro atoms. The third-order valence-corrected chi connectivity index (χ3v) is 5.12. The lowest BCUT2D eigenvalue weighted by molar-refractivity contribution is -0.0602. The molecular formula is C19H22N4O2. The maximum atomic E-state index is 12.8. The van der Waals surface area contributed by atoms with Crippen LogP contribution in [0.3, 0.4) is 0 Å². The fourth-order valence-corrected chi connectivity index (χ4v) is 3.90. The van der Waals surface area contributed by atoms with Gasteiger partial charge in [-0.15, -0.1) is 0 Å². The highest BCUT2D eigenvalue weighted by Gasteiger charge is 2.44. The molecule has 3 atom stereocenters. The van der Waals surface area contributed by atoms with Gasteiger partial charge < -0.3 is 15.0 Å². The SMILES string of the molecule is O=C(c1cccnc1)N1CCOC2C(CNc3cccnc3)CCC21. The molecule has 4 rings (SSSR count). The largest absolute Gasteiger partial charge is 0.383 e. The number of hydrogen-bond acceptors (Lipinski definition) is 5. The van der Waals surface area contributed by atoms with Crippen molar-refractivity contribution in [2.75, 3.05) is 25.0 Å². The fraction of sp³-hybridized carbons (Fsp3) is 0.421. The van der Waals surface area contributed by atoms with Crippen LogP contribution in [0.4, 0.5) is 5.69 Å². The molecule has 25 heavy (non-hydrogen) atoms. The Kier molecular flexibility index (Phi) is 4.61. The highest BCUT2D eigenvalue weighted by molar-refractivity contribution is 5.94. The van der Waals surface area contributed by atoms with Gasteiger partial charge in [0.05, 0.1) is 30.0 Å². The zero-order valence-electron chi connectivity index (χ0n) is 14.0. The van der Waals surface area contributed by atoms with E-state index in [-0.39, 0.29) is 18.1 Å². The summed E-state index contributed by atoms with van der Waals surface area (Å²) in [6.07, 6.45) is 9.06. The molecule has 2 aromatic heterocycles. The monoisotopic (exact) mass is 338 g/mol. The molecule has 2 fully saturated rings. The van der Waals surface area contributed by atoms with E-state index in [1.807, 2.05) is 29.3 Å². The zero-order valence-corrected chi connectivity index (χ0v) is 14.0. The number of ether oxygens (including phenoxy) is 1. The fourth-order valence-electron chi connectivity index (χ4n) is 3.90. The minimum atomic E-state index is 0.0623. The van der Waals surface area contributed by atoms with Crippen LogP contribution >= 0.6 is 0 Å². The van der Waals surface area contributed by atoms with Gasteiger partial charge in [-0.3, -0.25) is 14.8 Å². The minimum Gasteiger partial charge on any atom is -0.383 e. The molecule has 0 radical (unpaired) electrons. The van der Waals surface area contributed by atoms with Gasteiger partial charge >= 0.3 is 0 Å². The Morgan fingerprint density at radius 3 is 2.80 bits per heavy atom. The molecule has 6 heteroatoms. The highest BCUT2D eigenvalue weighted by atomic mass is 16.5. The Bertz CT molecular complexity index is 710. The van der Waals surface area contributed by atoms with Gasteiger partial charge in [-0.05, 0) is 37.1 Å². The Morgan fingerprint density at radius 1 is 1.20 bits per heavy atom. The number of pyridine rings is 2. The third-order valence-electron chi connectivity index (χ3n) is 5.12. The molecule has 1 saturated heterocycles. The van der Waals surface area contributed by atoms with E-state index in [1.165, 1.54) is 0 Å². The molecular weight excluding hydrogens is 316 g/mol. The lowest BCUT2D eigenvalue weighted by atomic mass is 10.0. The summed E-state index contributed by atoms with van der Waals surface area (Å²) in [5, 5.41) is 3.44. The maximum absolute atomic E-state index is 12.8. The molecule has 1 aliphatic carbocycles. The van der Waals surface area contributed by atoms with Gasteiger partial charge in [-0.25, -0.2) is 0 Å². The number of amides is 1. The average molecular weight is 338 g/mol. The van der Waals surface area contributed by atoms with Crippen LogP contribution in [0, 0.1) is 5.92 Å². The van der Waals surface area contributed by atoms with Gasteiger partial charge in [0.25, 0.3) is 5.91 Å². The van der Waals surface area contributed by atoms with Gasteiger partial charge in [0.2, 0.25) is 0 Å². The first-order valence-electron chi connectivity index (χ1n) is 8.79. The van der Waals surface area contributed by atoms with Crippen LogP contribution in [0.5, 0.6) is 0 Å². The first-order valence-corrected chi connectivity index (χ1v) is 8.79. The highest BCUT2D eigenvalue weighted by Crippen LogP contribution is 2.35. The third kappa shape index (κ3) is 3.35. The van der Waals surface area contributed by atoms with Gasteiger partial charge in [0.1, 0.15) is 0 Å². The van der Waals surface area contributed by atoms with E-state index in [4.69, 9.17) is 4.74 Å². The second kappa shape index (κ2) is 7.19. The predicted molar refractivity (Wildman–Crippen MR) is 94.3 cm³/mol. The van der Waals surface area contributed by atoms with Crippen molar-refractivity contribution in [2.24, 2.45) is 5.92 Å². The first-order chi connectivity index (χ1) is 12.3. The molecule has 6 nitrogen and oxygen atoms in total. The van der Waals surface area contributed by atoms with E-state index < -0.39 is 0 Å². The maximum Gasteiger partial charge on any atom is 0.255 e. The van der Waals surface area contributed by atoms with Crippen molar-refractivity contribution in [1.82, 2.24) is 14.9 Å². The summed E-state index contributed by atoms with van der Waals surface area (Å²) in [6, 6.07) is 7.73. The van der Waals surface area contributed by atoms with Crippen LogP contribution in [-0.2, 0) is 4.74 Å². The van der Waals surface area contributed by atoms with Crippen molar-refractivity contribution in [3.63, 3.8) is 0 Å². The molecule has 0 aromatic carbocycles. The number of carbonyl (C=O) groups is 1. The number of carbonyl (C=O) groups excluding carboxylic acids is 1. The number of aromatic nitrogens is 2. The van der Waals surface area contributed by atoms with Crippen LogP contribution in [0.2, 0.25) is 0 Å². The van der Waals surface area contributed by atoms with E-state index in [2.05, 4.69) is 15.3 Å². The second-order valence-corrected chi connectivity index (χ2v) is 6.60. The van der Waals surface area contributed by atoms with Crippen molar-refractivity contribution >= 4 is 11.6 Å². The van der Waals surface area contributed by atoms with Crippen LogP contribution in [-0.4, -0.2) is 52.6 Å². The van der Waals surface area contributed by atoms with E-state index >= 15 is 0 Å². The normalized spacial score (nSPS) is 25.4. The van der Waals surface area contributed by atoms with Crippen LogP contribution in [0.25, 0.3) is 0 Å². The summed E-state index contributed by atoms with van der Waals surface area (Å²) >= 11 is 0. The smallest absolute Gasteiger partial charge is 0.255 e. The molecule has 1 N–H and O–H groups in total. The number of nitrogens with zero attached hydrogens (tertiary/aromatic N) is 3. The lowest BCUT2D eigenvalue weighted by Crippen LogP contribution is -2.53. The van der Waals surface area contributed by atoms with Gasteiger partial charge in [0.15, 0.2) is 0 Å². The molecule has 1 aliphatic heterocycles. The van der Waals surface area contributed by atoms with Crippen molar-refractivity contribution in [3.05, 3.63) is 54.6 Å². The molecule has 3 unspecified atom stereocenters. The topological polar surface area (TPSA) is 67.4 Å². The summed E-state index contributed by atoms with van der Waals surface area (Å²) in [5.74, 6) is 0.460. The Morgan fingerprint density at radius 2 is 2.04 bits per heavy atom. The number of rotatable bonds is 4. The molecule has 1 amide bonds. The van der Waals surface area contributed by atoms with Crippen LogP contribution in [0.15, 0.2) is 49.1 Å². The van der Waals surface area contributed by atoms with Crippen LogP contribution in [0.1, 0.15) is 23.2 Å². The summed E-state index contributed by atoms with van der Waals surface area (Å²) in [6.45, 7) is 2.08. The molecule has 0 bridgehead atoms. The Labute approximate surface area is 147 Å². The second-order valence-electron chi connectivity index (χ2n) is 6.60. The minimum absolute atomic E-state index is 0.0623. The van der Waals surface area contributed by atoms with Crippen molar-refractivity contribution in [2.45, 2.75) is 25.0 Å². The summed E-state index contributed by atoms with van der Waals surface area (Å²) < 4.78 is 6.05. The van der Waals surface area contributed by atoms with E-state index in [9.17, 15) is 4.79 Å².